The van der Waals surface area contributed by atoms with Crippen molar-refractivity contribution < 1.29 is 4.79 Å². The topological polar surface area (TPSA) is 63.1 Å². The number of aryl methyl sites for hydroxylation is 1. The zero-order valence-electron chi connectivity index (χ0n) is 14.2. The molecule has 3 rings (SSSR count). The molecule has 0 spiro atoms. The summed E-state index contributed by atoms with van der Waals surface area (Å²) < 4.78 is 1.69. The number of amides is 1. The number of nitrogens with zero attached hydrogens (tertiary/aromatic N) is 4. The van der Waals surface area contributed by atoms with Gasteiger partial charge in [0.2, 0.25) is 0 Å². The third-order valence-electron chi connectivity index (χ3n) is 3.92. The third-order valence-corrected chi connectivity index (χ3v) is 3.92. The van der Waals surface area contributed by atoms with E-state index in [4.69, 9.17) is 0 Å². The SMILES string of the molecule is Cc1ccc2ccccc2c1NC(=O)c1cn(CCN(C)C)nn1. The molecule has 0 aliphatic carbocycles. The molecule has 0 saturated carbocycles. The fourth-order valence-electron chi connectivity index (χ4n) is 2.54. The second kappa shape index (κ2) is 6.80. The van der Waals surface area contributed by atoms with Gasteiger partial charge in [-0.15, -0.1) is 5.10 Å². The van der Waals surface area contributed by atoms with Crippen LogP contribution in [0, 0.1) is 6.92 Å². The van der Waals surface area contributed by atoms with Crippen LogP contribution in [0.3, 0.4) is 0 Å². The van der Waals surface area contributed by atoms with E-state index in [1.165, 1.54) is 0 Å². The van der Waals surface area contributed by atoms with E-state index in [0.29, 0.717) is 12.2 Å². The molecule has 1 aromatic heterocycles. The van der Waals surface area contributed by atoms with Gasteiger partial charge in [0.25, 0.3) is 5.91 Å². The number of carbonyl (C=O) groups is 1. The first-order chi connectivity index (χ1) is 11.5. The first-order valence-corrected chi connectivity index (χ1v) is 7.89. The van der Waals surface area contributed by atoms with Crippen LogP contribution >= 0.6 is 0 Å². The van der Waals surface area contributed by atoms with Gasteiger partial charge in [0, 0.05) is 11.9 Å². The number of benzene rings is 2. The highest BCUT2D eigenvalue weighted by Gasteiger charge is 2.14. The van der Waals surface area contributed by atoms with E-state index in [-0.39, 0.29) is 5.91 Å². The Balaban J connectivity index is 1.81. The van der Waals surface area contributed by atoms with Crippen molar-refractivity contribution in [2.45, 2.75) is 13.5 Å². The maximum atomic E-state index is 12.5. The number of likely N-dealkylation sites (N-methyl/N-ethyl adjacent to an activating group) is 1. The smallest absolute Gasteiger partial charge is 0.277 e. The van der Waals surface area contributed by atoms with Crippen LogP contribution in [0.4, 0.5) is 5.69 Å². The molecule has 24 heavy (non-hydrogen) atoms. The summed E-state index contributed by atoms with van der Waals surface area (Å²) in [5.41, 5.74) is 2.16. The minimum atomic E-state index is -0.245. The van der Waals surface area contributed by atoms with Gasteiger partial charge in [0.1, 0.15) is 0 Å². The highest BCUT2D eigenvalue weighted by Crippen LogP contribution is 2.27. The van der Waals surface area contributed by atoms with Gasteiger partial charge < -0.3 is 10.2 Å². The number of rotatable bonds is 5. The predicted molar refractivity (Wildman–Crippen MR) is 95.2 cm³/mol. The van der Waals surface area contributed by atoms with Crippen molar-refractivity contribution >= 4 is 22.4 Å². The first-order valence-electron chi connectivity index (χ1n) is 7.89. The van der Waals surface area contributed by atoms with Crippen molar-refractivity contribution in [1.82, 2.24) is 19.9 Å². The Labute approximate surface area is 141 Å². The van der Waals surface area contributed by atoms with Crippen LogP contribution in [0.15, 0.2) is 42.6 Å². The van der Waals surface area contributed by atoms with E-state index in [1.54, 1.807) is 10.9 Å². The van der Waals surface area contributed by atoms with Crippen LogP contribution in [-0.4, -0.2) is 46.4 Å². The minimum Gasteiger partial charge on any atom is -0.320 e. The van der Waals surface area contributed by atoms with E-state index < -0.39 is 0 Å². The lowest BCUT2D eigenvalue weighted by molar-refractivity contribution is 0.102. The molecule has 1 heterocycles. The monoisotopic (exact) mass is 323 g/mol. The summed E-state index contributed by atoms with van der Waals surface area (Å²) in [5, 5.41) is 13.1. The van der Waals surface area contributed by atoms with Gasteiger partial charge in [-0.2, -0.15) is 0 Å². The van der Waals surface area contributed by atoms with Gasteiger partial charge in [-0.1, -0.05) is 41.6 Å². The van der Waals surface area contributed by atoms with Crippen molar-refractivity contribution in [2.24, 2.45) is 0 Å². The van der Waals surface area contributed by atoms with E-state index >= 15 is 0 Å². The number of aromatic nitrogens is 3. The van der Waals surface area contributed by atoms with E-state index in [9.17, 15) is 4.79 Å². The molecule has 0 saturated heterocycles. The highest BCUT2D eigenvalue weighted by molar-refractivity contribution is 6.08. The lowest BCUT2D eigenvalue weighted by Gasteiger charge is -2.11. The molecular formula is C18H21N5O. The fourth-order valence-corrected chi connectivity index (χ4v) is 2.54. The molecular weight excluding hydrogens is 302 g/mol. The molecule has 6 nitrogen and oxygen atoms in total. The van der Waals surface area contributed by atoms with Crippen molar-refractivity contribution in [1.29, 1.82) is 0 Å². The molecule has 1 amide bonds. The summed E-state index contributed by atoms with van der Waals surface area (Å²) in [6.07, 6.45) is 1.68. The number of hydrogen-bond donors (Lipinski definition) is 1. The van der Waals surface area contributed by atoms with Crippen LogP contribution in [0.1, 0.15) is 16.1 Å². The molecule has 124 valence electrons. The Kier molecular flexibility index (Phi) is 4.57. The van der Waals surface area contributed by atoms with Gasteiger partial charge in [-0.05, 0) is 32.0 Å². The average Bonchev–Trinajstić information content (AvgIpc) is 3.04. The molecule has 0 bridgehead atoms. The largest absolute Gasteiger partial charge is 0.320 e. The number of fused-ring (bicyclic) bond motifs is 1. The predicted octanol–water partition coefficient (Wildman–Crippen LogP) is 2.55. The highest BCUT2D eigenvalue weighted by atomic mass is 16.2. The maximum absolute atomic E-state index is 12.5. The Morgan fingerprint density at radius 2 is 2.00 bits per heavy atom. The normalized spacial score (nSPS) is 11.2. The number of anilines is 1. The Morgan fingerprint density at radius 1 is 1.21 bits per heavy atom. The third kappa shape index (κ3) is 3.44. The van der Waals surface area contributed by atoms with E-state index in [2.05, 4.69) is 26.6 Å². The summed E-state index contributed by atoms with van der Waals surface area (Å²) in [6.45, 7) is 3.52. The zero-order chi connectivity index (χ0) is 17.1. The van der Waals surface area contributed by atoms with Crippen molar-refractivity contribution in [3.63, 3.8) is 0 Å². The number of nitrogens with one attached hydrogen (secondary N) is 1. The van der Waals surface area contributed by atoms with Crippen LogP contribution in [-0.2, 0) is 6.54 Å². The molecule has 0 aliphatic heterocycles. The van der Waals surface area contributed by atoms with Crippen molar-refractivity contribution in [3.8, 4) is 0 Å². The molecule has 3 aromatic rings. The first kappa shape index (κ1) is 16.1. The molecule has 1 N–H and O–H groups in total. The summed E-state index contributed by atoms with van der Waals surface area (Å²) in [6, 6.07) is 12.0. The van der Waals surface area contributed by atoms with Crippen LogP contribution in [0.25, 0.3) is 10.8 Å². The Hall–Kier alpha value is -2.73. The van der Waals surface area contributed by atoms with Gasteiger partial charge in [0.15, 0.2) is 5.69 Å². The molecule has 0 atom stereocenters. The summed E-state index contributed by atoms with van der Waals surface area (Å²) in [7, 11) is 3.99. The molecule has 0 unspecified atom stereocenters. The molecule has 0 fully saturated rings. The van der Waals surface area contributed by atoms with Crippen LogP contribution in [0.5, 0.6) is 0 Å². The van der Waals surface area contributed by atoms with Gasteiger partial charge in [0.05, 0.1) is 18.4 Å². The minimum absolute atomic E-state index is 0.245. The maximum Gasteiger partial charge on any atom is 0.277 e. The molecule has 0 aliphatic rings. The van der Waals surface area contributed by atoms with Crippen LogP contribution in [0.2, 0.25) is 0 Å². The quantitative estimate of drug-likeness (QED) is 0.784. The molecule has 6 heteroatoms. The van der Waals surface area contributed by atoms with Gasteiger partial charge >= 0.3 is 0 Å². The number of carbonyl (C=O) groups excluding carboxylic acids is 1. The standard InChI is InChI=1S/C18H21N5O/c1-13-8-9-14-6-4-5-7-15(14)17(13)19-18(24)16-12-23(21-20-16)11-10-22(2)3/h4-9,12H,10-11H2,1-3H3,(H,19,24). The Morgan fingerprint density at radius 3 is 2.79 bits per heavy atom. The molecule has 0 radical (unpaired) electrons. The second-order valence-electron chi connectivity index (χ2n) is 6.10. The summed E-state index contributed by atoms with van der Waals surface area (Å²) >= 11 is 0. The molecule has 2 aromatic carbocycles. The fraction of sp³-hybridized carbons (Fsp3) is 0.278. The average molecular weight is 323 g/mol. The number of hydrogen-bond acceptors (Lipinski definition) is 4. The van der Waals surface area contributed by atoms with Gasteiger partial charge in [-0.3, -0.25) is 9.48 Å². The lowest BCUT2D eigenvalue weighted by atomic mass is 10.0. The van der Waals surface area contributed by atoms with Crippen molar-refractivity contribution in [2.75, 3.05) is 26.0 Å². The lowest BCUT2D eigenvalue weighted by Crippen LogP contribution is -2.18. The second-order valence-corrected chi connectivity index (χ2v) is 6.10. The summed E-state index contributed by atoms with van der Waals surface area (Å²) in [4.78, 5) is 14.6. The van der Waals surface area contributed by atoms with Gasteiger partial charge in [-0.25, -0.2) is 0 Å². The Bertz CT molecular complexity index is 869. The van der Waals surface area contributed by atoms with E-state index in [0.717, 1.165) is 28.6 Å². The van der Waals surface area contributed by atoms with E-state index in [1.807, 2.05) is 51.4 Å². The zero-order valence-corrected chi connectivity index (χ0v) is 14.2. The van der Waals surface area contributed by atoms with Crippen LogP contribution < -0.4 is 5.32 Å². The van der Waals surface area contributed by atoms with Crippen molar-refractivity contribution in [3.05, 3.63) is 53.9 Å². The summed E-state index contributed by atoms with van der Waals surface area (Å²) in [5.74, 6) is -0.245.